The van der Waals surface area contributed by atoms with E-state index in [1.807, 2.05) is 32.8 Å². The summed E-state index contributed by atoms with van der Waals surface area (Å²) < 4.78 is 4.99. The fraction of sp³-hybridized carbons (Fsp3) is 0.533. The SMILES string of the molecule is CCN(C(=O)c1ccc(OC)c(O)c1)C(C)CN(C)C. The van der Waals surface area contributed by atoms with Gasteiger partial charge in [0.05, 0.1) is 7.11 Å². The molecule has 0 radical (unpaired) electrons. The van der Waals surface area contributed by atoms with Crippen LogP contribution in [0, 0.1) is 0 Å². The number of hydrogen-bond donors (Lipinski definition) is 1. The van der Waals surface area contributed by atoms with Crippen LogP contribution in [0.4, 0.5) is 0 Å². The van der Waals surface area contributed by atoms with E-state index >= 15 is 0 Å². The number of carbonyl (C=O) groups is 1. The minimum absolute atomic E-state index is 0.0188. The van der Waals surface area contributed by atoms with Crippen LogP contribution >= 0.6 is 0 Å². The molecule has 0 aliphatic heterocycles. The van der Waals surface area contributed by atoms with Crippen LogP contribution in [0.3, 0.4) is 0 Å². The lowest BCUT2D eigenvalue weighted by Crippen LogP contribution is -2.43. The van der Waals surface area contributed by atoms with Gasteiger partial charge >= 0.3 is 0 Å². The third-order valence-electron chi connectivity index (χ3n) is 3.19. The number of methoxy groups -OCH3 is 1. The molecule has 0 spiro atoms. The molecule has 1 aromatic carbocycles. The Bertz CT molecular complexity index is 460. The Kier molecular flexibility index (Phi) is 5.82. The number of phenolic OH excluding ortho intramolecular Hbond substituents is 1. The Morgan fingerprint density at radius 3 is 2.50 bits per heavy atom. The third-order valence-corrected chi connectivity index (χ3v) is 3.19. The molecule has 1 rings (SSSR count). The summed E-state index contributed by atoms with van der Waals surface area (Å²) in [6.45, 7) is 5.39. The van der Waals surface area contributed by atoms with E-state index in [9.17, 15) is 9.90 Å². The maximum Gasteiger partial charge on any atom is 0.254 e. The molecule has 5 nitrogen and oxygen atoms in total. The van der Waals surface area contributed by atoms with E-state index in [2.05, 4.69) is 0 Å². The van der Waals surface area contributed by atoms with Crippen molar-refractivity contribution in [1.29, 1.82) is 0 Å². The highest BCUT2D eigenvalue weighted by Gasteiger charge is 2.21. The molecule has 1 amide bonds. The Morgan fingerprint density at radius 1 is 1.40 bits per heavy atom. The van der Waals surface area contributed by atoms with Crippen molar-refractivity contribution in [3.8, 4) is 11.5 Å². The zero-order valence-corrected chi connectivity index (χ0v) is 12.9. The molecule has 0 aliphatic rings. The number of rotatable bonds is 6. The monoisotopic (exact) mass is 280 g/mol. The highest BCUT2D eigenvalue weighted by Crippen LogP contribution is 2.27. The van der Waals surface area contributed by atoms with Gasteiger partial charge in [0.1, 0.15) is 0 Å². The number of likely N-dealkylation sites (N-methyl/N-ethyl adjacent to an activating group) is 2. The molecule has 5 heteroatoms. The van der Waals surface area contributed by atoms with Crippen LogP contribution < -0.4 is 4.74 Å². The summed E-state index contributed by atoms with van der Waals surface area (Å²) >= 11 is 0. The van der Waals surface area contributed by atoms with Gasteiger partial charge in [0.25, 0.3) is 5.91 Å². The Balaban J connectivity index is 2.93. The number of benzene rings is 1. The number of nitrogens with zero attached hydrogens (tertiary/aromatic N) is 2. The molecule has 0 bridgehead atoms. The average Bonchev–Trinajstić information content (AvgIpc) is 2.38. The van der Waals surface area contributed by atoms with E-state index in [0.29, 0.717) is 17.9 Å². The van der Waals surface area contributed by atoms with E-state index in [1.165, 1.54) is 13.2 Å². The second kappa shape index (κ2) is 7.14. The first kappa shape index (κ1) is 16.3. The molecule has 112 valence electrons. The molecular weight excluding hydrogens is 256 g/mol. The molecule has 1 aromatic rings. The molecular formula is C15H24N2O3. The van der Waals surface area contributed by atoms with Crippen molar-refractivity contribution in [2.24, 2.45) is 0 Å². The number of amides is 1. The van der Waals surface area contributed by atoms with Crippen molar-refractivity contribution in [3.05, 3.63) is 23.8 Å². The van der Waals surface area contributed by atoms with Gasteiger partial charge in [-0.25, -0.2) is 0 Å². The highest BCUT2D eigenvalue weighted by atomic mass is 16.5. The first-order valence-electron chi connectivity index (χ1n) is 6.73. The van der Waals surface area contributed by atoms with Gasteiger partial charge in [-0.1, -0.05) is 0 Å². The van der Waals surface area contributed by atoms with Crippen molar-refractivity contribution >= 4 is 5.91 Å². The molecule has 0 heterocycles. The molecule has 0 fully saturated rings. The standard InChI is InChI=1S/C15H24N2O3/c1-6-17(11(2)10-16(3)4)15(19)12-7-8-14(20-5)13(18)9-12/h7-9,11,18H,6,10H2,1-5H3. The van der Waals surface area contributed by atoms with Gasteiger partial charge in [-0.05, 0) is 46.1 Å². The van der Waals surface area contributed by atoms with E-state index in [-0.39, 0.29) is 17.7 Å². The van der Waals surface area contributed by atoms with Crippen LogP contribution in [0.5, 0.6) is 11.5 Å². The minimum atomic E-state index is -0.0835. The second-order valence-corrected chi connectivity index (χ2v) is 5.09. The van der Waals surface area contributed by atoms with E-state index < -0.39 is 0 Å². The zero-order valence-electron chi connectivity index (χ0n) is 12.9. The molecule has 1 atom stereocenters. The van der Waals surface area contributed by atoms with Crippen molar-refractivity contribution in [2.45, 2.75) is 19.9 Å². The maximum atomic E-state index is 12.5. The molecule has 1 N–H and O–H groups in total. The lowest BCUT2D eigenvalue weighted by atomic mass is 10.1. The number of aromatic hydroxyl groups is 1. The molecule has 0 saturated heterocycles. The van der Waals surface area contributed by atoms with Crippen molar-refractivity contribution in [2.75, 3.05) is 34.3 Å². The normalized spacial score (nSPS) is 12.3. The van der Waals surface area contributed by atoms with Crippen LogP contribution in [0.2, 0.25) is 0 Å². The van der Waals surface area contributed by atoms with Gasteiger partial charge in [0, 0.05) is 24.7 Å². The van der Waals surface area contributed by atoms with Crippen LogP contribution in [0.1, 0.15) is 24.2 Å². The van der Waals surface area contributed by atoms with Crippen LogP contribution in [-0.2, 0) is 0 Å². The lowest BCUT2D eigenvalue weighted by molar-refractivity contribution is 0.0678. The van der Waals surface area contributed by atoms with Crippen molar-refractivity contribution < 1.29 is 14.6 Å². The first-order valence-corrected chi connectivity index (χ1v) is 6.73. The number of hydrogen-bond acceptors (Lipinski definition) is 4. The summed E-state index contributed by atoms with van der Waals surface area (Å²) in [7, 11) is 5.44. The van der Waals surface area contributed by atoms with Gasteiger partial charge in [0.2, 0.25) is 0 Å². The third kappa shape index (κ3) is 3.87. The predicted octanol–water partition coefficient (Wildman–Crippen LogP) is 1.81. The smallest absolute Gasteiger partial charge is 0.254 e. The molecule has 20 heavy (non-hydrogen) atoms. The Morgan fingerprint density at radius 2 is 2.05 bits per heavy atom. The number of phenols is 1. The molecule has 0 saturated carbocycles. The van der Waals surface area contributed by atoms with Gasteiger partial charge in [0.15, 0.2) is 11.5 Å². The van der Waals surface area contributed by atoms with Crippen LogP contribution in [0.15, 0.2) is 18.2 Å². The average molecular weight is 280 g/mol. The number of carbonyl (C=O) groups excluding carboxylic acids is 1. The topological polar surface area (TPSA) is 53.0 Å². The summed E-state index contributed by atoms with van der Waals surface area (Å²) in [6, 6.07) is 4.83. The zero-order chi connectivity index (χ0) is 15.3. The largest absolute Gasteiger partial charge is 0.504 e. The fourth-order valence-electron chi connectivity index (χ4n) is 2.27. The van der Waals surface area contributed by atoms with E-state index in [1.54, 1.807) is 17.0 Å². The van der Waals surface area contributed by atoms with Gasteiger partial charge in [-0.15, -0.1) is 0 Å². The quantitative estimate of drug-likeness (QED) is 0.863. The fourth-order valence-corrected chi connectivity index (χ4v) is 2.27. The summed E-state index contributed by atoms with van der Waals surface area (Å²) in [5.41, 5.74) is 0.468. The minimum Gasteiger partial charge on any atom is -0.504 e. The molecule has 0 aromatic heterocycles. The number of ether oxygens (including phenoxy) is 1. The van der Waals surface area contributed by atoms with Crippen molar-refractivity contribution in [3.63, 3.8) is 0 Å². The van der Waals surface area contributed by atoms with Gasteiger partial charge < -0.3 is 19.6 Å². The lowest BCUT2D eigenvalue weighted by Gasteiger charge is -2.30. The summed E-state index contributed by atoms with van der Waals surface area (Å²) in [4.78, 5) is 16.3. The molecule has 1 unspecified atom stereocenters. The molecule has 0 aliphatic carbocycles. The highest BCUT2D eigenvalue weighted by molar-refractivity contribution is 5.95. The Hall–Kier alpha value is -1.75. The van der Waals surface area contributed by atoms with Crippen LogP contribution in [-0.4, -0.2) is 61.2 Å². The summed E-state index contributed by atoms with van der Waals surface area (Å²) in [5.74, 6) is 0.264. The Labute approximate surface area is 120 Å². The second-order valence-electron chi connectivity index (χ2n) is 5.09. The van der Waals surface area contributed by atoms with Gasteiger partial charge in [-0.3, -0.25) is 4.79 Å². The predicted molar refractivity (Wildman–Crippen MR) is 79.4 cm³/mol. The van der Waals surface area contributed by atoms with E-state index in [4.69, 9.17) is 4.74 Å². The van der Waals surface area contributed by atoms with Gasteiger partial charge in [-0.2, -0.15) is 0 Å². The van der Waals surface area contributed by atoms with E-state index in [0.717, 1.165) is 6.54 Å². The first-order chi connectivity index (χ1) is 9.40. The van der Waals surface area contributed by atoms with Crippen LogP contribution in [0.25, 0.3) is 0 Å². The summed E-state index contributed by atoms with van der Waals surface area (Å²) in [6.07, 6.45) is 0. The van der Waals surface area contributed by atoms with Crippen molar-refractivity contribution in [1.82, 2.24) is 9.80 Å². The summed E-state index contributed by atoms with van der Waals surface area (Å²) in [5, 5.41) is 9.77. The maximum absolute atomic E-state index is 12.5.